The van der Waals surface area contributed by atoms with E-state index in [1.807, 2.05) is 6.92 Å². The van der Waals surface area contributed by atoms with Gasteiger partial charge in [-0.3, -0.25) is 9.78 Å². The molecule has 4 heterocycles. The third kappa shape index (κ3) is 4.33. The molecule has 28 heavy (non-hydrogen) atoms. The van der Waals surface area contributed by atoms with E-state index in [2.05, 4.69) is 40.0 Å². The van der Waals surface area contributed by atoms with Crippen LogP contribution in [0.5, 0.6) is 0 Å². The van der Waals surface area contributed by atoms with Crippen LogP contribution in [-0.4, -0.2) is 70.2 Å². The largest absolute Gasteiger partial charge is 0.378 e. The zero-order valence-corrected chi connectivity index (χ0v) is 16.0. The van der Waals surface area contributed by atoms with Crippen LogP contribution in [0.15, 0.2) is 12.4 Å². The number of rotatable bonds is 5. The first kappa shape index (κ1) is 18.5. The molecule has 2 aromatic heterocycles. The topological polar surface area (TPSA) is 109 Å². The highest BCUT2D eigenvalue weighted by atomic mass is 16.5. The molecule has 0 aliphatic carbocycles. The number of ether oxygens (including phenoxy) is 1. The Morgan fingerprint density at radius 1 is 1.00 bits per heavy atom. The minimum atomic E-state index is -0.302. The molecule has 1 N–H and O–H groups in total. The van der Waals surface area contributed by atoms with E-state index in [1.165, 1.54) is 6.20 Å². The minimum absolute atomic E-state index is 0.203. The number of nitrogens with zero attached hydrogens (tertiary/aromatic N) is 7. The van der Waals surface area contributed by atoms with E-state index in [0.29, 0.717) is 30.9 Å². The molecule has 0 aromatic carbocycles. The molecular weight excluding hydrogens is 360 g/mol. The molecule has 10 heteroatoms. The van der Waals surface area contributed by atoms with E-state index in [1.54, 1.807) is 6.20 Å². The minimum Gasteiger partial charge on any atom is -0.378 e. The summed E-state index contributed by atoms with van der Waals surface area (Å²) in [4.78, 5) is 38.7. The van der Waals surface area contributed by atoms with Gasteiger partial charge in [0, 0.05) is 32.4 Å². The van der Waals surface area contributed by atoms with Gasteiger partial charge in [0.2, 0.25) is 11.9 Å². The predicted molar refractivity (Wildman–Crippen MR) is 102 cm³/mol. The summed E-state index contributed by atoms with van der Waals surface area (Å²) in [6, 6.07) is 0. The monoisotopic (exact) mass is 384 g/mol. The molecule has 2 aliphatic rings. The second kappa shape index (κ2) is 8.42. The van der Waals surface area contributed by atoms with E-state index in [0.717, 1.165) is 44.7 Å². The van der Waals surface area contributed by atoms with Crippen LogP contribution in [0, 0.1) is 6.92 Å². The Kier molecular flexibility index (Phi) is 5.56. The Hall–Kier alpha value is -2.88. The second-order valence-corrected chi connectivity index (χ2v) is 6.87. The van der Waals surface area contributed by atoms with Crippen molar-refractivity contribution in [2.24, 2.45) is 0 Å². The number of aryl methyl sites for hydroxylation is 1. The summed E-state index contributed by atoms with van der Waals surface area (Å²) in [5.74, 6) is 1.54. The fourth-order valence-electron chi connectivity index (χ4n) is 3.20. The van der Waals surface area contributed by atoms with E-state index < -0.39 is 0 Å². The van der Waals surface area contributed by atoms with Gasteiger partial charge in [-0.15, -0.1) is 0 Å². The highest BCUT2D eigenvalue weighted by molar-refractivity contribution is 5.91. The van der Waals surface area contributed by atoms with Crippen LogP contribution in [-0.2, 0) is 11.3 Å². The number of anilines is 2. The average molecular weight is 384 g/mol. The van der Waals surface area contributed by atoms with Crippen molar-refractivity contribution < 1.29 is 9.53 Å². The van der Waals surface area contributed by atoms with Crippen molar-refractivity contribution in [3.8, 4) is 0 Å². The van der Waals surface area contributed by atoms with Crippen LogP contribution < -0.4 is 15.1 Å². The van der Waals surface area contributed by atoms with Crippen LogP contribution in [0.3, 0.4) is 0 Å². The van der Waals surface area contributed by atoms with Gasteiger partial charge < -0.3 is 19.9 Å². The highest BCUT2D eigenvalue weighted by Crippen LogP contribution is 2.19. The Morgan fingerprint density at radius 3 is 2.32 bits per heavy atom. The van der Waals surface area contributed by atoms with Crippen molar-refractivity contribution in [2.45, 2.75) is 26.3 Å². The van der Waals surface area contributed by atoms with Crippen molar-refractivity contribution in [1.29, 1.82) is 0 Å². The van der Waals surface area contributed by atoms with Crippen molar-refractivity contribution in [2.75, 3.05) is 49.2 Å². The molecule has 2 aromatic rings. The van der Waals surface area contributed by atoms with Gasteiger partial charge in [-0.1, -0.05) is 0 Å². The molecule has 10 nitrogen and oxygen atoms in total. The maximum atomic E-state index is 12.3. The number of hydrogen-bond acceptors (Lipinski definition) is 9. The van der Waals surface area contributed by atoms with E-state index in [9.17, 15) is 4.79 Å². The number of morpholine rings is 1. The molecule has 0 saturated carbocycles. The Balaban J connectivity index is 1.51. The number of hydrogen-bond donors (Lipinski definition) is 1. The molecule has 148 valence electrons. The van der Waals surface area contributed by atoms with Crippen molar-refractivity contribution >= 4 is 17.8 Å². The number of aromatic nitrogens is 5. The lowest BCUT2D eigenvalue weighted by Gasteiger charge is -2.28. The third-order valence-corrected chi connectivity index (χ3v) is 4.76. The van der Waals surface area contributed by atoms with Gasteiger partial charge in [-0.2, -0.15) is 15.0 Å². The summed E-state index contributed by atoms with van der Waals surface area (Å²) >= 11 is 0. The lowest BCUT2D eigenvalue weighted by Crippen LogP contribution is -2.38. The van der Waals surface area contributed by atoms with Gasteiger partial charge in [0.1, 0.15) is 5.69 Å². The molecule has 0 spiro atoms. The summed E-state index contributed by atoms with van der Waals surface area (Å²) in [5.41, 5.74) is 1.03. The number of carbonyl (C=O) groups excluding carboxylic acids is 1. The van der Waals surface area contributed by atoms with Crippen molar-refractivity contribution in [1.82, 2.24) is 30.2 Å². The first-order chi connectivity index (χ1) is 13.7. The Morgan fingerprint density at radius 2 is 1.68 bits per heavy atom. The SMILES string of the molecule is Cc1cnc(C(=O)NCc2nc(N3CCCC3)nc(N3CCOCC3)n2)cn1. The summed E-state index contributed by atoms with van der Waals surface area (Å²) < 4.78 is 5.42. The fourth-order valence-corrected chi connectivity index (χ4v) is 3.20. The number of amides is 1. The molecule has 0 atom stereocenters. The van der Waals surface area contributed by atoms with Gasteiger partial charge in [-0.05, 0) is 19.8 Å². The van der Waals surface area contributed by atoms with E-state index in [4.69, 9.17) is 4.74 Å². The zero-order valence-electron chi connectivity index (χ0n) is 16.0. The van der Waals surface area contributed by atoms with Crippen LogP contribution in [0.1, 0.15) is 34.8 Å². The lowest BCUT2D eigenvalue weighted by atomic mass is 10.4. The molecule has 2 saturated heterocycles. The quantitative estimate of drug-likeness (QED) is 0.780. The summed E-state index contributed by atoms with van der Waals surface area (Å²) in [6.45, 7) is 6.71. The molecule has 1 amide bonds. The maximum Gasteiger partial charge on any atom is 0.271 e. The molecule has 0 bridgehead atoms. The smallest absolute Gasteiger partial charge is 0.271 e. The van der Waals surface area contributed by atoms with Gasteiger partial charge in [0.15, 0.2) is 5.82 Å². The van der Waals surface area contributed by atoms with Crippen molar-refractivity contribution in [3.63, 3.8) is 0 Å². The van der Waals surface area contributed by atoms with Gasteiger partial charge in [0.25, 0.3) is 5.91 Å². The fraction of sp³-hybridized carbons (Fsp3) is 0.556. The lowest BCUT2D eigenvalue weighted by molar-refractivity contribution is 0.0944. The number of carbonyl (C=O) groups is 1. The molecule has 2 aliphatic heterocycles. The maximum absolute atomic E-state index is 12.3. The van der Waals surface area contributed by atoms with E-state index >= 15 is 0 Å². The Labute approximate surface area is 163 Å². The second-order valence-electron chi connectivity index (χ2n) is 6.87. The normalized spacial score (nSPS) is 17.0. The van der Waals surface area contributed by atoms with Crippen molar-refractivity contribution in [3.05, 3.63) is 29.6 Å². The summed E-state index contributed by atoms with van der Waals surface area (Å²) in [7, 11) is 0. The van der Waals surface area contributed by atoms with Crippen LogP contribution in [0.4, 0.5) is 11.9 Å². The molecular formula is C18H24N8O2. The zero-order chi connectivity index (χ0) is 19.3. The van der Waals surface area contributed by atoms with Crippen LogP contribution >= 0.6 is 0 Å². The van der Waals surface area contributed by atoms with E-state index in [-0.39, 0.29) is 18.1 Å². The molecule has 2 fully saturated rings. The average Bonchev–Trinajstić information content (AvgIpc) is 3.28. The number of nitrogens with one attached hydrogen (secondary N) is 1. The summed E-state index contributed by atoms with van der Waals surface area (Å²) in [6.07, 6.45) is 5.31. The van der Waals surface area contributed by atoms with Crippen LogP contribution in [0.25, 0.3) is 0 Å². The third-order valence-electron chi connectivity index (χ3n) is 4.76. The predicted octanol–water partition coefficient (Wildman–Crippen LogP) is 0.337. The molecule has 0 radical (unpaired) electrons. The molecule has 0 unspecified atom stereocenters. The van der Waals surface area contributed by atoms with Gasteiger partial charge in [0.05, 0.1) is 31.6 Å². The molecule has 4 rings (SSSR count). The first-order valence-corrected chi connectivity index (χ1v) is 9.58. The van der Waals surface area contributed by atoms with Gasteiger partial charge in [-0.25, -0.2) is 4.98 Å². The van der Waals surface area contributed by atoms with Crippen LogP contribution in [0.2, 0.25) is 0 Å². The first-order valence-electron chi connectivity index (χ1n) is 9.58. The van der Waals surface area contributed by atoms with Gasteiger partial charge >= 0.3 is 0 Å². The summed E-state index contributed by atoms with van der Waals surface area (Å²) in [5, 5.41) is 2.83. The Bertz CT molecular complexity index is 817. The highest BCUT2D eigenvalue weighted by Gasteiger charge is 2.21. The standard InChI is InChI=1S/C18H24N8O2/c1-13-10-20-14(11-19-13)16(27)21-12-15-22-17(25-4-2-3-5-25)24-18(23-15)26-6-8-28-9-7-26/h10-11H,2-9,12H2,1H3,(H,21,27).